The quantitative estimate of drug-likeness (QED) is 0.239. The molecule has 0 aliphatic heterocycles. The molecule has 0 amide bonds. The van der Waals surface area contributed by atoms with Crippen molar-refractivity contribution in [2.75, 3.05) is 0 Å². The van der Waals surface area contributed by atoms with Gasteiger partial charge in [-0.1, -0.05) is 127 Å². The molecule has 0 bridgehead atoms. The zero-order valence-corrected chi connectivity index (χ0v) is 21.0. The van der Waals surface area contributed by atoms with E-state index >= 15 is 0 Å². The fourth-order valence-electron chi connectivity index (χ4n) is 5.61. The Labute approximate surface area is 224 Å². The van der Waals surface area contributed by atoms with Crippen LogP contribution in [-0.2, 0) is 0 Å². The fraction of sp³-hybridized carbons (Fsp3) is 0. The summed E-state index contributed by atoms with van der Waals surface area (Å²) in [5.41, 5.74) is 15.1. The highest BCUT2D eigenvalue weighted by Gasteiger charge is 2.20. The Bertz CT molecular complexity index is 1650. The summed E-state index contributed by atoms with van der Waals surface area (Å²) >= 11 is 0. The van der Waals surface area contributed by atoms with Crippen LogP contribution < -0.4 is 0 Å². The van der Waals surface area contributed by atoms with Gasteiger partial charge in [-0.05, 0) is 97.2 Å². The monoisotopic (exact) mass is 482 g/mol. The van der Waals surface area contributed by atoms with Crippen LogP contribution in [0.2, 0.25) is 0 Å². The third-order valence-electron chi connectivity index (χ3n) is 7.38. The van der Waals surface area contributed by atoms with Crippen molar-refractivity contribution in [2.24, 2.45) is 0 Å². The SMILES string of the molecule is C1=C(c2ccccc2)c2ccccc2/C1=C/c1cccc(/C=C2\C=C(c3ccccc3)c3ccccc32)c1. The van der Waals surface area contributed by atoms with Crippen LogP contribution in [0.3, 0.4) is 0 Å². The van der Waals surface area contributed by atoms with E-state index in [1.807, 2.05) is 0 Å². The van der Waals surface area contributed by atoms with E-state index < -0.39 is 0 Å². The van der Waals surface area contributed by atoms with Gasteiger partial charge in [-0.2, -0.15) is 0 Å². The number of hydrogen-bond acceptors (Lipinski definition) is 0. The van der Waals surface area contributed by atoms with Gasteiger partial charge in [0.2, 0.25) is 0 Å². The Morgan fingerprint density at radius 1 is 0.342 bits per heavy atom. The van der Waals surface area contributed by atoms with E-state index in [0.29, 0.717) is 0 Å². The van der Waals surface area contributed by atoms with Crippen molar-refractivity contribution in [2.45, 2.75) is 0 Å². The molecule has 0 heteroatoms. The summed E-state index contributed by atoms with van der Waals surface area (Å²) in [7, 11) is 0. The Kier molecular flexibility index (Phi) is 5.57. The third kappa shape index (κ3) is 4.07. The van der Waals surface area contributed by atoms with Gasteiger partial charge < -0.3 is 0 Å². The van der Waals surface area contributed by atoms with Gasteiger partial charge in [0.15, 0.2) is 0 Å². The first-order chi connectivity index (χ1) is 18.8. The van der Waals surface area contributed by atoms with Crippen molar-refractivity contribution in [1.82, 2.24) is 0 Å². The van der Waals surface area contributed by atoms with Crippen molar-refractivity contribution in [1.29, 1.82) is 0 Å². The molecule has 0 N–H and O–H groups in total. The molecule has 0 atom stereocenters. The maximum atomic E-state index is 2.33. The second-order valence-corrected chi connectivity index (χ2v) is 9.81. The number of hydrogen-bond donors (Lipinski definition) is 0. The van der Waals surface area contributed by atoms with E-state index in [4.69, 9.17) is 0 Å². The van der Waals surface area contributed by atoms with E-state index in [9.17, 15) is 0 Å². The molecule has 0 aromatic heterocycles. The molecule has 2 aliphatic carbocycles. The lowest BCUT2D eigenvalue weighted by atomic mass is 9.98. The zero-order chi connectivity index (χ0) is 25.3. The van der Waals surface area contributed by atoms with Crippen molar-refractivity contribution in [3.05, 3.63) is 190 Å². The Morgan fingerprint density at radius 2 is 0.737 bits per heavy atom. The summed E-state index contributed by atoms with van der Waals surface area (Å²) in [5.74, 6) is 0. The molecule has 7 rings (SSSR count). The van der Waals surface area contributed by atoms with Crippen molar-refractivity contribution >= 4 is 34.4 Å². The smallest absolute Gasteiger partial charge is 0.00990 e. The molecule has 0 heterocycles. The van der Waals surface area contributed by atoms with Crippen LogP contribution in [0, 0.1) is 0 Å². The molecule has 5 aromatic rings. The first-order valence-electron chi connectivity index (χ1n) is 13.1. The maximum absolute atomic E-state index is 2.33. The van der Waals surface area contributed by atoms with E-state index in [0.717, 1.165) is 0 Å². The van der Waals surface area contributed by atoms with E-state index in [2.05, 4.69) is 158 Å². The molecule has 0 saturated heterocycles. The van der Waals surface area contributed by atoms with Gasteiger partial charge in [0.05, 0.1) is 0 Å². The molecular weight excluding hydrogens is 456 g/mol. The predicted molar refractivity (Wildman–Crippen MR) is 162 cm³/mol. The summed E-state index contributed by atoms with van der Waals surface area (Å²) in [4.78, 5) is 0. The Hall–Kier alpha value is -4.94. The lowest BCUT2D eigenvalue weighted by Gasteiger charge is -2.06. The summed E-state index contributed by atoms with van der Waals surface area (Å²) in [6, 6.07) is 47.6. The van der Waals surface area contributed by atoms with Crippen LogP contribution in [-0.4, -0.2) is 0 Å². The van der Waals surface area contributed by atoms with E-state index in [-0.39, 0.29) is 0 Å². The van der Waals surface area contributed by atoms with Crippen molar-refractivity contribution in [3.63, 3.8) is 0 Å². The highest BCUT2D eigenvalue weighted by molar-refractivity contribution is 6.07. The molecule has 0 unspecified atom stereocenters. The van der Waals surface area contributed by atoms with Gasteiger partial charge in [0, 0.05) is 0 Å². The lowest BCUT2D eigenvalue weighted by Crippen LogP contribution is -1.86. The zero-order valence-electron chi connectivity index (χ0n) is 21.0. The summed E-state index contributed by atoms with van der Waals surface area (Å²) in [6.45, 7) is 0. The molecule has 0 saturated carbocycles. The lowest BCUT2D eigenvalue weighted by molar-refractivity contribution is 1.55. The largest absolute Gasteiger partial charge is 0.0622 e. The third-order valence-corrected chi connectivity index (χ3v) is 7.38. The van der Waals surface area contributed by atoms with Gasteiger partial charge in [-0.25, -0.2) is 0 Å². The van der Waals surface area contributed by atoms with Crippen LogP contribution in [0.15, 0.2) is 146 Å². The van der Waals surface area contributed by atoms with Gasteiger partial charge >= 0.3 is 0 Å². The highest BCUT2D eigenvalue weighted by atomic mass is 14.2. The Balaban J connectivity index is 1.28. The molecular formula is C38H26. The fourth-order valence-corrected chi connectivity index (χ4v) is 5.61. The minimum absolute atomic E-state index is 1.20. The average molecular weight is 483 g/mol. The van der Waals surface area contributed by atoms with Gasteiger partial charge in [0.1, 0.15) is 0 Å². The van der Waals surface area contributed by atoms with Crippen molar-refractivity contribution in [3.8, 4) is 0 Å². The van der Waals surface area contributed by atoms with Crippen LogP contribution in [0.25, 0.3) is 34.4 Å². The summed E-state index contributed by atoms with van der Waals surface area (Å²) < 4.78 is 0. The number of benzene rings is 5. The molecule has 38 heavy (non-hydrogen) atoms. The standard InChI is InChI=1S/C38H26/c1-3-14-29(15-4-1)37-25-31(33-18-7-9-20-35(33)37)23-27-12-11-13-28(22-27)24-32-26-38(30-16-5-2-6-17-30)36-21-10-8-19-34(32)36/h1-26H/b31-23+,32-24+. The normalized spacial score (nSPS) is 15.8. The summed E-state index contributed by atoms with van der Waals surface area (Å²) in [6.07, 6.45) is 9.27. The van der Waals surface area contributed by atoms with Crippen molar-refractivity contribution < 1.29 is 0 Å². The van der Waals surface area contributed by atoms with Crippen LogP contribution >= 0.6 is 0 Å². The predicted octanol–water partition coefficient (Wildman–Crippen LogP) is 9.66. The molecule has 0 spiro atoms. The molecule has 5 aromatic carbocycles. The number of allylic oxidation sites excluding steroid dienone is 4. The number of fused-ring (bicyclic) bond motifs is 2. The maximum Gasteiger partial charge on any atom is -0.00990 e. The van der Waals surface area contributed by atoms with Gasteiger partial charge in [-0.3, -0.25) is 0 Å². The molecule has 178 valence electrons. The minimum Gasteiger partial charge on any atom is -0.0622 e. The van der Waals surface area contributed by atoms with Gasteiger partial charge in [0.25, 0.3) is 0 Å². The molecule has 2 aliphatic rings. The minimum atomic E-state index is 1.20. The number of rotatable bonds is 4. The van der Waals surface area contributed by atoms with Gasteiger partial charge in [-0.15, -0.1) is 0 Å². The molecule has 0 fully saturated rings. The Morgan fingerprint density at radius 3 is 1.18 bits per heavy atom. The second kappa shape index (κ2) is 9.50. The summed E-state index contributed by atoms with van der Waals surface area (Å²) in [5, 5.41) is 0. The average Bonchev–Trinajstić information content (AvgIpc) is 3.53. The second-order valence-electron chi connectivity index (χ2n) is 9.81. The van der Waals surface area contributed by atoms with E-state index in [1.165, 1.54) is 66.8 Å². The molecule has 0 radical (unpaired) electrons. The molecule has 0 nitrogen and oxygen atoms in total. The first kappa shape index (κ1) is 22.3. The first-order valence-corrected chi connectivity index (χ1v) is 13.1. The van der Waals surface area contributed by atoms with Crippen LogP contribution in [0.1, 0.15) is 44.5 Å². The topological polar surface area (TPSA) is 0 Å². The van der Waals surface area contributed by atoms with E-state index in [1.54, 1.807) is 0 Å². The van der Waals surface area contributed by atoms with Crippen LogP contribution in [0.4, 0.5) is 0 Å². The van der Waals surface area contributed by atoms with Crippen LogP contribution in [0.5, 0.6) is 0 Å². The highest BCUT2D eigenvalue weighted by Crippen LogP contribution is 2.41.